The van der Waals surface area contributed by atoms with Crippen molar-refractivity contribution in [2.24, 2.45) is 5.73 Å². The maximum atomic E-state index is 9.31. The second-order valence-electron chi connectivity index (χ2n) is 3.79. The first kappa shape index (κ1) is 15.9. The van der Waals surface area contributed by atoms with Gasteiger partial charge >= 0.3 is 0 Å². The van der Waals surface area contributed by atoms with Crippen LogP contribution in [-0.2, 0) is 0 Å². The molecule has 3 N–H and O–H groups in total. The summed E-state index contributed by atoms with van der Waals surface area (Å²) >= 11 is 5.51. The van der Waals surface area contributed by atoms with Crippen LogP contribution in [-0.4, -0.2) is 55.3 Å². The summed E-state index contributed by atoms with van der Waals surface area (Å²) in [5.74, 6) is 0.310. The number of rotatable bonds is 6. The Labute approximate surface area is 91.9 Å². The molecule has 0 rings (SSSR count). The molecule has 5 heteroatoms. The number of halogens is 2. The van der Waals surface area contributed by atoms with Gasteiger partial charge in [-0.25, -0.2) is 0 Å². The van der Waals surface area contributed by atoms with Crippen molar-refractivity contribution in [3.8, 4) is 0 Å². The molecule has 0 heterocycles. The van der Waals surface area contributed by atoms with Crippen LogP contribution in [0.3, 0.4) is 0 Å². The second-order valence-corrected chi connectivity index (χ2v) is 4.10. The molecular weight excluding hydrogens is 211 g/mol. The van der Waals surface area contributed by atoms with Gasteiger partial charge in [-0.1, -0.05) is 0 Å². The number of nitrogens with zero attached hydrogens (tertiary/aromatic N) is 1. The highest BCUT2D eigenvalue weighted by Crippen LogP contribution is 2.02. The fourth-order valence-corrected chi connectivity index (χ4v) is 1.33. The number of likely N-dealkylation sites (N-methyl/N-ethyl adjacent to an activating group) is 1. The van der Waals surface area contributed by atoms with Crippen LogP contribution in [0.15, 0.2) is 0 Å². The molecule has 0 saturated heterocycles. The third-order valence-corrected chi connectivity index (χ3v) is 2.21. The fraction of sp³-hybridized carbons (Fsp3) is 1.00. The maximum absolute atomic E-state index is 9.31. The topological polar surface area (TPSA) is 46.2 Å². The van der Waals surface area contributed by atoms with Gasteiger partial charge in [0.05, 0.1) is 26.5 Å². The lowest BCUT2D eigenvalue weighted by molar-refractivity contribution is -0.893. The summed E-state index contributed by atoms with van der Waals surface area (Å²) < 4.78 is 0.783. The van der Waals surface area contributed by atoms with E-state index in [1.54, 1.807) is 0 Å². The summed E-state index contributed by atoms with van der Waals surface area (Å²) in [5, 5.41) is 9.31. The molecule has 0 aromatic rings. The molecule has 13 heavy (non-hydrogen) atoms. The van der Waals surface area contributed by atoms with Gasteiger partial charge in [0.25, 0.3) is 0 Å². The molecule has 0 unspecified atom stereocenters. The van der Waals surface area contributed by atoms with Crippen molar-refractivity contribution in [3.05, 3.63) is 0 Å². The van der Waals surface area contributed by atoms with E-state index in [2.05, 4.69) is 14.1 Å². The molecule has 1 atom stereocenters. The van der Waals surface area contributed by atoms with Crippen LogP contribution in [0.4, 0.5) is 0 Å². The van der Waals surface area contributed by atoms with E-state index in [1.165, 1.54) is 0 Å². The lowest BCUT2D eigenvalue weighted by Crippen LogP contribution is -3.00. The molecule has 0 saturated carbocycles. The van der Waals surface area contributed by atoms with E-state index in [1.807, 2.05) is 0 Å². The largest absolute Gasteiger partial charge is 1.00 e. The summed E-state index contributed by atoms with van der Waals surface area (Å²) in [6.07, 6.45) is 0.585. The van der Waals surface area contributed by atoms with E-state index in [-0.39, 0.29) is 12.4 Å². The van der Waals surface area contributed by atoms with Crippen LogP contribution < -0.4 is 18.1 Å². The van der Waals surface area contributed by atoms with Crippen molar-refractivity contribution in [3.63, 3.8) is 0 Å². The monoisotopic (exact) mass is 230 g/mol. The van der Waals surface area contributed by atoms with Crippen molar-refractivity contribution in [2.75, 3.05) is 39.6 Å². The van der Waals surface area contributed by atoms with Crippen molar-refractivity contribution in [2.45, 2.75) is 12.5 Å². The number of hydrogen-bond donors (Lipinski definition) is 2. The highest BCUT2D eigenvalue weighted by atomic mass is 35.5. The second kappa shape index (κ2) is 7.83. The van der Waals surface area contributed by atoms with E-state index in [0.717, 1.165) is 17.4 Å². The molecule has 0 aromatic carbocycles. The molecule has 0 aliphatic rings. The highest BCUT2D eigenvalue weighted by Gasteiger charge is 2.18. The maximum Gasteiger partial charge on any atom is 0.116 e. The van der Waals surface area contributed by atoms with Gasteiger partial charge in [-0.3, -0.25) is 0 Å². The number of aliphatic hydroxyl groups excluding tert-OH is 1. The van der Waals surface area contributed by atoms with Gasteiger partial charge in [-0.2, -0.15) is 0 Å². The quantitative estimate of drug-likeness (QED) is 0.378. The molecule has 0 aliphatic carbocycles. The first-order chi connectivity index (χ1) is 5.52. The minimum Gasteiger partial charge on any atom is -1.00 e. The molecule has 0 amide bonds. The smallest absolute Gasteiger partial charge is 0.116 e. The van der Waals surface area contributed by atoms with Crippen molar-refractivity contribution < 1.29 is 22.0 Å². The van der Waals surface area contributed by atoms with E-state index in [0.29, 0.717) is 19.0 Å². The lowest BCUT2D eigenvalue weighted by atomic mass is 10.3. The Hall–Kier alpha value is 0.460. The van der Waals surface area contributed by atoms with E-state index in [9.17, 15) is 5.11 Å². The number of hydrogen-bond acceptors (Lipinski definition) is 2. The van der Waals surface area contributed by atoms with Gasteiger partial charge in [0, 0.05) is 6.42 Å². The molecule has 0 fully saturated rings. The van der Waals surface area contributed by atoms with Gasteiger partial charge < -0.3 is 27.7 Å². The molecule has 0 aliphatic heterocycles. The minimum atomic E-state index is -0.403. The first-order valence-corrected chi connectivity index (χ1v) is 4.81. The Morgan fingerprint density at radius 2 is 2.00 bits per heavy atom. The molecular formula is C8H20Cl2N2O. The molecule has 0 radical (unpaired) electrons. The Morgan fingerprint density at radius 3 is 2.38 bits per heavy atom. The van der Waals surface area contributed by atoms with Crippen molar-refractivity contribution in [1.82, 2.24) is 0 Å². The minimum absolute atomic E-state index is 0. The zero-order valence-corrected chi connectivity index (χ0v) is 9.85. The highest BCUT2D eigenvalue weighted by molar-refractivity contribution is 6.18. The van der Waals surface area contributed by atoms with Crippen LogP contribution in [0.1, 0.15) is 6.42 Å². The third-order valence-electron chi connectivity index (χ3n) is 1.85. The average molecular weight is 231 g/mol. The van der Waals surface area contributed by atoms with Crippen LogP contribution in [0.25, 0.3) is 0 Å². The zero-order valence-electron chi connectivity index (χ0n) is 8.34. The van der Waals surface area contributed by atoms with Gasteiger partial charge in [-0.15, -0.1) is 11.6 Å². The Kier molecular flexibility index (Phi) is 9.58. The van der Waals surface area contributed by atoms with Gasteiger partial charge in [0.2, 0.25) is 0 Å². The number of quaternary nitrogens is 1. The number of alkyl halides is 1. The Morgan fingerprint density at radius 1 is 1.46 bits per heavy atom. The van der Waals surface area contributed by atoms with Gasteiger partial charge in [-0.05, 0) is 6.54 Å². The summed E-state index contributed by atoms with van der Waals surface area (Å²) in [4.78, 5) is 0. The van der Waals surface area contributed by atoms with E-state index >= 15 is 0 Å². The predicted molar refractivity (Wildman–Crippen MR) is 52.2 cm³/mol. The summed E-state index contributed by atoms with van der Waals surface area (Å²) in [5.41, 5.74) is 5.40. The number of nitrogens with two attached hydrogens (primary N) is 1. The molecule has 3 nitrogen and oxygen atoms in total. The normalized spacial score (nSPS) is 13.6. The average Bonchev–Trinajstić information content (AvgIpc) is 2.00. The summed E-state index contributed by atoms with van der Waals surface area (Å²) in [7, 11) is 4.15. The molecule has 0 bridgehead atoms. The van der Waals surface area contributed by atoms with Crippen LogP contribution in [0.5, 0.6) is 0 Å². The lowest BCUT2D eigenvalue weighted by Gasteiger charge is -2.31. The van der Waals surface area contributed by atoms with Gasteiger partial charge in [0.15, 0.2) is 0 Å². The molecule has 82 valence electrons. The van der Waals surface area contributed by atoms with Crippen molar-refractivity contribution >= 4 is 11.6 Å². The van der Waals surface area contributed by atoms with E-state index in [4.69, 9.17) is 17.3 Å². The SMILES string of the molecule is C[N+](C)(CCCN)C[C@@H](O)CCl.[Cl-]. The molecule has 0 spiro atoms. The summed E-state index contributed by atoms with van der Waals surface area (Å²) in [6, 6.07) is 0. The zero-order chi connectivity index (χ0) is 9.61. The van der Waals surface area contributed by atoms with Crippen molar-refractivity contribution in [1.29, 1.82) is 0 Å². The number of aliphatic hydroxyl groups is 1. The molecule has 0 aromatic heterocycles. The standard InChI is InChI=1S/C8H20ClN2O.ClH/c1-11(2,5-3-4-10)7-8(12)6-9;/h8,12H,3-7,10H2,1-2H3;1H/q+1;/p-1/t8-;/m0./s1. The summed E-state index contributed by atoms with van der Waals surface area (Å²) in [6.45, 7) is 2.40. The third kappa shape index (κ3) is 8.78. The predicted octanol–water partition coefficient (Wildman–Crippen LogP) is -2.98. The van der Waals surface area contributed by atoms with Crippen LogP contribution in [0, 0.1) is 0 Å². The first-order valence-electron chi connectivity index (χ1n) is 4.28. The van der Waals surface area contributed by atoms with Crippen LogP contribution in [0.2, 0.25) is 0 Å². The van der Waals surface area contributed by atoms with E-state index < -0.39 is 6.10 Å². The van der Waals surface area contributed by atoms with Gasteiger partial charge in [0.1, 0.15) is 12.6 Å². The van der Waals surface area contributed by atoms with Crippen LogP contribution >= 0.6 is 11.6 Å². The fourth-order valence-electron chi connectivity index (χ4n) is 1.23. The Bertz CT molecular complexity index is 123. The Balaban J connectivity index is 0.